The van der Waals surface area contributed by atoms with Crippen LogP contribution in [-0.2, 0) is 5.41 Å². The van der Waals surface area contributed by atoms with E-state index in [0.29, 0.717) is 0 Å². The van der Waals surface area contributed by atoms with Crippen LogP contribution in [0.3, 0.4) is 0 Å². The zero-order chi connectivity index (χ0) is 10.1. The molecule has 1 aromatic carbocycles. The van der Waals surface area contributed by atoms with Crippen LogP contribution < -0.4 is 0 Å². The lowest BCUT2D eigenvalue weighted by molar-refractivity contribution is 0.218. The normalized spacial score (nSPS) is 11.8. The Morgan fingerprint density at radius 3 is 2.38 bits per heavy atom. The van der Waals surface area contributed by atoms with Gasteiger partial charge in [-0.15, -0.1) is 0 Å². The van der Waals surface area contributed by atoms with Crippen LogP contribution in [0.4, 0.5) is 0 Å². The fourth-order valence-corrected chi connectivity index (χ4v) is 1.55. The number of aliphatic hydroxyl groups excluding tert-OH is 1. The number of aryl methyl sites for hydroxylation is 2. The highest BCUT2D eigenvalue weighted by Crippen LogP contribution is 2.26. The van der Waals surface area contributed by atoms with Crippen LogP contribution in [0.15, 0.2) is 18.2 Å². The first kappa shape index (κ1) is 10.3. The third kappa shape index (κ3) is 2.10. The summed E-state index contributed by atoms with van der Waals surface area (Å²) in [5.41, 5.74) is 3.62. The smallest absolute Gasteiger partial charge is 0.0522 e. The zero-order valence-electron chi connectivity index (χ0n) is 8.89. The third-order valence-electron chi connectivity index (χ3n) is 2.52. The Balaban J connectivity index is 3.20. The van der Waals surface area contributed by atoms with E-state index in [1.54, 1.807) is 0 Å². The highest BCUT2D eigenvalue weighted by Gasteiger charge is 2.21. The molecule has 0 aliphatic heterocycles. The van der Waals surface area contributed by atoms with Crippen molar-refractivity contribution in [2.75, 3.05) is 6.61 Å². The van der Waals surface area contributed by atoms with Gasteiger partial charge < -0.3 is 5.11 Å². The molecule has 0 atom stereocenters. The van der Waals surface area contributed by atoms with Crippen LogP contribution in [0.2, 0.25) is 0 Å². The minimum Gasteiger partial charge on any atom is -0.395 e. The standard InChI is InChI=1S/C12H18O/c1-9-5-6-10(2)11(7-9)12(3,4)8-13/h5-7,13H,8H2,1-4H3. The Hall–Kier alpha value is -0.820. The summed E-state index contributed by atoms with van der Waals surface area (Å²) in [5, 5.41) is 9.26. The quantitative estimate of drug-likeness (QED) is 0.738. The van der Waals surface area contributed by atoms with E-state index in [-0.39, 0.29) is 12.0 Å². The van der Waals surface area contributed by atoms with Crippen LogP contribution in [-0.4, -0.2) is 11.7 Å². The van der Waals surface area contributed by atoms with Crippen LogP contribution in [0, 0.1) is 13.8 Å². The molecule has 0 aliphatic rings. The SMILES string of the molecule is Cc1ccc(C)c(C(C)(C)CO)c1. The molecule has 1 aromatic rings. The maximum atomic E-state index is 9.26. The highest BCUT2D eigenvalue weighted by molar-refractivity contribution is 5.35. The van der Waals surface area contributed by atoms with Crippen molar-refractivity contribution in [1.29, 1.82) is 0 Å². The number of rotatable bonds is 2. The van der Waals surface area contributed by atoms with Crippen LogP contribution >= 0.6 is 0 Å². The molecule has 0 saturated heterocycles. The van der Waals surface area contributed by atoms with E-state index in [0.717, 1.165) is 0 Å². The second kappa shape index (κ2) is 3.51. The maximum Gasteiger partial charge on any atom is 0.0522 e. The van der Waals surface area contributed by atoms with Crippen molar-refractivity contribution < 1.29 is 5.11 Å². The topological polar surface area (TPSA) is 20.2 Å². The fraction of sp³-hybridized carbons (Fsp3) is 0.500. The predicted octanol–water partition coefficient (Wildman–Crippen LogP) is 2.57. The Morgan fingerprint density at radius 2 is 1.85 bits per heavy atom. The summed E-state index contributed by atoms with van der Waals surface area (Å²) >= 11 is 0. The molecule has 0 radical (unpaired) electrons. The lowest BCUT2D eigenvalue weighted by Gasteiger charge is -2.24. The van der Waals surface area contributed by atoms with E-state index >= 15 is 0 Å². The molecule has 1 heteroatoms. The number of hydrogen-bond donors (Lipinski definition) is 1. The molecule has 72 valence electrons. The van der Waals surface area contributed by atoms with Gasteiger partial charge in [0.05, 0.1) is 6.61 Å². The maximum absolute atomic E-state index is 9.26. The van der Waals surface area contributed by atoms with E-state index in [9.17, 15) is 5.11 Å². The molecule has 0 aromatic heterocycles. The van der Waals surface area contributed by atoms with Crippen molar-refractivity contribution >= 4 is 0 Å². The largest absolute Gasteiger partial charge is 0.395 e. The number of hydrogen-bond acceptors (Lipinski definition) is 1. The van der Waals surface area contributed by atoms with Crippen LogP contribution in [0.1, 0.15) is 30.5 Å². The molecular weight excluding hydrogens is 160 g/mol. The second-order valence-corrected chi connectivity index (χ2v) is 4.36. The summed E-state index contributed by atoms with van der Waals surface area (Å²) in [7, 11) is 0. The molecule has 0 amide bonds. The Morgan fingerprint density at radius 1 is 1.23 bits per heavy atom. The van der Waals surface area contributed by atoms with E-state index in [4.69, 9.17) is 0 Å². The molecule has 1 nitrogen and oxygen atoms in total. The molecule has 0 aliphatic carbocycles. The van der Waals surface area contributed by atoms with Gasteiger partial charge in [-0.3, -0.25) is 0 Å². The van der Waals surface area contributed by atoms with Gasteiger partial charge in [-0.25, -0.2) is 0 Å². The average Bonchev–Trinajstić information content (AvgIpc) is 2.09. The van der Waals surface area contributed by atoms with Gasteiger partial charge in [-0.2, -0.15) is 0 Å². The van der Waals surface area contributed by atoms with Crippen molar-refractivity contribution in [3.8, 4) is 0 Å². The summed E-state index contributed by atoms with van der Waals surface area (Å²) in [5.74, 6) is 0. The summed E-state index contributed by atoms with van der Waals surface area (Å²) in [6.07, 6.45) is 0. The Kier molecular flexibility index (Phi) is 2.77. The van der Waals surface area contributed by atoms with Gasteiger partial charge in [0.15, 0.2) is 0 Å². The van der Waals surface area contributed by atoms with Gasteiger partial charge in [0.1, 0.15) is 0 Å². The molecule has 13 heavy (non-hydrogen) atoms. The molecule has 0 spiro atoms. The van der Waals surface area contributed by atoms with Crippen molar-refractivity contribution in [1.82, 2.24) is 0 Å². The molecule has 0 unspecified atom stereocenters. The molecule has 0 bridgehead atoms. The third-order valence-corrected chi connectivity index (χ3v) is 2.52. The summed E-state index contributed by atoms with van der Waals surface area (Å²) in [6.45, 7) is 8.49. The Labute approximate surface area is 80.4 Å². The first-order chi connectivity index (χ1) is 5.97. The van der Waals surface area contributed by atoms with Gasteiger partial charge in [0.2, 0.25) is 0 Å². The minimum atomic E-state index is -0.129. The van der Waals surface area contributed by atoms with Crippen molar-refractivity contribution in [3.63, 3.8) is 0 Å². The van der Waals surface area contributed by atoms with Crippen LogP contribution in [0.5, 0.6) is 0 Å². The van der Waals surface area contributed by atoms with Crippen molar-refractivity contribution in [2.24, 2.45) is 0 Å². The first-order valence-corrected chi connectivity index (χ1v) is 4.66. The number of aliphatic hydroxyl groups is 1. The van der Waals surface area contributed by atoms with E-state index < -0.39 is 0 Å². The molecule has 0 fully saturated rings. The highest BCUT2D eigenvalue weighted by atomic mass is 16.3. The fourth-order valence-electron chi connectivity index (χ4n) is 1.55. The van der Waals surface area contributed by atoms with Crippen molar-refractivity contribution in [2.45, 2.75) is 33.1 Å². The monoisotopic (exact) mass is 178 g/mol. The van der Waals surface area contributed by atoms with E-state index in [1.165, 1.54) is 16.7 Å². The lowest BCUT2D eigenvalue weighted by atomic mass is 9.82. The first-order valence-electron chi connectivity index (χ1n) is 4.66. The molecular formula is C12H18O. The van der Waals surface area contributed by atoms with Gasteiger partial charge in [-0.05, 0) is 25.0 Å². The molecule has 1 rings (SSSR count). The minimum absolute atomic E-state index is 0.129. The Bertz CT molecular complexity index is 300. The summed E-state index contributed by atoms with van der Waals surface area (Å²) in [6, 6.07) is 6.37. The number of benzene rings is 1. The zero-order valence-corrected chi connectivity index (χ0v) is 8.89. The average molecular weight is 178 g/mol. The van der Waals surface area contributed by atoms with E-state index in [1.807, 2.05) is 0 Å². The molecule has 1 N–H and O–H groups in total. The van der Waals surface area contributed by atoms with Gasteiger partial charge in [0.25, 0.3) is 0 Å². The van der Waals surface area contributed by atoms with Gasteiger partial charge >= 0.3 is 0 Å². The van der Waals surface area contributed by atoms with Crippen molar-refractivity contribution in [3.05, 3.63) is 34.9 Å². The molecule has 0 heterocycles. The van der Waals surface area contributed by atoms with Gasteiger partial charge in [-0.1, -0.05) is 37.6 Å². The lowest BCUT2D eigenvalue weighted by Crippen LogP contribution is -2.23. The molecule has 0 saturated carbocycles. The van der Waals surface area contributed by atoms with E-state index in [2.05, 4.69) is 45.9 Å². The summed E-state index contributed by atoms with van der Waals surface area (Å²) in [4.78, 5) is 0. The second-order valence-electron chi connectivity index (χ2n) is 4.36. The van der Waals surface area contributed by atoms with Gasteiger partial charge in [0, 0.05) is 5.41 Å². The summed E-state index contributed by atoms with van der Waals surface area (Å²) < 4.78 is 0. The van der Waals surface area contributed by atoms with Crippen LogP contribution in [0.25, 0.3) is 0 Å². The predicted molar refractivity (Wildman–Crippen MR) is 56.0 cm³/mol.